The summed E-state index contributed by atoms with van der Waals surface area (Å²) in [4.78, 5) is 4.25. The van der Waals surface area contributed by atoms with Crippen molar-refractivity contribution in [2.45, 2.75) is 6.54 Å². The smallest absolute Gasteiger partial charge is 0.209 e. The van der Waals surface area contributed by atoms with Gasteiger partial charge in [0.15, 0.2) is 11.5 Å². The SMILES string of the molecule is CS(=O)(=O)NCc1nc(-c2ccc(O)c(O)c2)cs1. The summed E-state index contributed by atoms with van der Waals surface area (Å²) in [5.41, 5.74) is 1.27. The van der Waals surface area contributed by atoms with Crippen molar-refractivity contribution in [1.82, 2.24) is 9.71 Å². The molecule has 1 heterocycles. The first-order chi connectivity index (χ1) is 8.85. The van der Waals surface area contributed by atoms with Gasteiger partial charge >= 0.3 is 0 Å². The molecular formula is C11H12N2O4S2. The van der Waals surface area contributed by atoms with Crippen molar-refractivity contribution < 1.29 is 18.6 Å². The highest BCUT2D eigenvalue weighted by atomic mass is 32.2. The minimum atomic E-state index is -3.25. The van der Waals surface area contributed by atoms with E-state index in [0.717, 1.165) is 6.26 Å². The molecule has 0 saturated carbocycles. The van der Waals surface area contributed by atoms with Gasteiger partial charge in [0.05, 0.1) is 18.5 Å². The number of aromatic nitrogens is 1. The summed E-state index contributed by atoms with van der Waals surface area (Å²) in [5, 5.41) is 21.0. The average Bonchev–Trinajstić information content (AvgIpc) is 2.78. The number of sulfonamides is 1. The van der Waals surface area contributed by atoms with Crippen LogP contribution in [0.4, 0.5) is 0 Å². The van der Waals surface area contributed by atoms with Gasteiger partial charge in [0.1, 0.15) is 5.01 Å². The number of phenolic OH excluding ortho intramolecular Hbond substituents is 2. The first-order valence-electron chi connectivity index (χ1n) is 5.26. The zero-order valence-electron chi connectivity index (χ0n) is 9.99. The van der Waals surface area contributed by atoms with Crippen molar-refractivity contribution in [1.29, 1.82) is 0 Å². The van der Waals surface area contributed by atoms with Gasteiger partial charge in [-0.05, 0) is 18.2 Å². The van der Waals surface area contributed by atoms with E-state index in [1.54, 1.807) is 11.4 Å². The average molecular weight is 300 g/mol. The molecule has 0 fully saturated rings. The van der Waals surface area contributed by atoms with Crippen molar-refractivity contribution in [3.05, 3.63) is 28.6 Å². The van der Waals surface area contributed by atoms with Gasteiger partial charge < -0.3 is 10.2 Å². The second kappa shape index (κ2) is 5.16. The predicted octanol–water partition coefficient (Wildman–Crippen LogP) is 1.27. The molecule has 2 aromatic rings. The van der Waals surface area contributed by atoms with Crippen molar-refractivity contribution >= 4 is 21.4 Å². The Kier molecular flexibility index (Phi) is 3.74. The lowest BCUT2D eigenvalue weighted by molar-refractivity contribution is 0.404. The Labute approximate surface area is 114 Å². The summed E-state index contributed by atoms with van der Waals surface area (Å²) >= 11 is 1.31. The molecule has 1 aromatic heterocycles. The standard InChI is InChI=1S/C11H12N2O4S2/c1-19(16,17)12-5-11-13-8(6-18-11)7-2-3-9(14)10(15)4-7/h2-4,6,12,14-15H,5H2,1H3. The van der Waals surface area contributed by atoms with E-state index < -0.39 is 10.0 Å². The molecule has 102 valence electrons. The number of benzene rings is 1. The van der Waals surface area contributed by atoms with Crippen LogP contribution in [0.3, 0.4) is 0 Å². The van der Waals surface area contributed by atoms with Crippen LogP contribution in [-0.2, 0) is 16.6 Å². The maximum atomic E-state index is 11.0. The summed E-state index contributed by atoms with van der Waals surface area (Å²) in [6.07, 6.45) is 1.08. The summed E-state index contributed by atoms with van der Waals surface area (Å²) in [6, 6.07) is 4.40. The quantitative estimate of drug-likeness (QED) is 0.738. The third-order valence-electron chi connectivity index (χ3n) is 2.31. The monoisotopic (exact) mass is 300 g/mol. The van der Waals surface area contributed by atoms with Crippen molar-refractivity contribution in [3.8, 4) is 22.8 Å². The van der Waals surface area contributed by atoms with Crippen LogP contribution in [0.1, 0.15) is 5.01 Å². The van der Waals surface area contributed by atoms with Crippen LogP contribution in [0.15, 0.2) is 23.6 Å². The number of nitrogens with one attached hydrogen (secondary N) is 1. The van der Waals surface area contributed by atoms with Gasteiger partial charge in [0.25, 0.3) is 0 Å². The number of hydrogen-bond acceptors (Lipinski definition) is 6. The third kappa shape index (κ3) is 3.66. The molecule has 3 N–H and O–H groups in total. The first kappa shape index (κ1) is 13.8. The summed E-state index contributed by atoms with van der Waals surface area (Å²) < 4.78 is 24.3. The zero-order valence-corrected chi connectivity index (χ0v) is 11.6. The molecule has 0 amide bonds. The molecule has 6 nitrogen and oxygen atoms in total. The Morgan fingerprint density at radius 2 is 2.05 bits per heavy atom. The van der Waals surface area contributed by atoms with Crippen LogP contribution in [0.2, 0.25) is 0 Å². The van der Waals surface area contributed by atoms with Gasteiger partial charge in [0.2, 0.25) is 10.0 Å². The lowest BCUT2D eigenvalue weighted by Gasteiger charge is -2.00. The minimum absolute atomic E-state index is 0.133. The molecule has 0 atom stereocenters. The Balaban J connectivity index is 2.18. The first-order valence-corrected chi connectivity index (χ1v) is 8.03. The summed E-state index contributed by atoms with van der Waals surface area (Å²) in [7, 11) is -3.25. The number of phenols is 2. The van der Waals surface area contributed by atoms with E-state index in [2.05, 4.69) is 9.71 Å². The molecule has 0 aliphatic carbocycles. The van der Waals surface area contributed by atoms with Gasteiger partial charge in [-0.1, -0.05) is 0 Å². The van der Waals surface area contributed by atoms with Gasteiger partial charge in [-0.3, -0.25) is 0 Å². The van der Waals surface area contributed by atoms with Gasteiger partial charge in [-0.2, -0.15) is 0 Å². The van der Waals surface area contributed by atoms with E-state index in [9.17, 15) is 18.6 Å². The van der Waals surface area contributed by atoms with E-state index in [1.165, 1.54) is 23.5 Å². The van der Waals surface area contributed by atoms with Crippen molar-refractivity contribution in [2.75, 3.05) is 6.26 Å². The molecule has 2 rings (SSSR count). The second-order valence-electron chi connectivity index (χ2n) is 3.92. The van der Waals surface area contributed by atoms with Crippen LogP contribution in [0.5, 0.6) is 11.5 Å². The van der Waals surface area contributed by atoms with Gasteiger partial charge in [-0.15, -0.1) is 11.3 Å². The Bertz CT molecular complexity index is 694. The second-order valence-corrected chi connectivity index (χ2v) is 6.70. The fourth-order valence-corrected chi connectivity index (χ4v) is 2.63. The molecule has 1 aromatic carbocycles. The highest BCUT2D eigenvalue weighted by molar-refractivity contribution is 7.88. The molecule has 8 heteroatoms. The zero-order chi connectivity index (χ0) is 14.0. The number of nitrogens with zero attached hydrogens (tertiary/aromatic N) is 1. The lowest BCUT2D eigenvalue weighted by Crippen LogP contribution is -2.21. The molecule has 0 aliphatic heterocycles. The van der Waals surface area contributed by atoms with Gasteiger partial charge in [0, 0.05) is 10.9 Å². The maximum Gasteiger partial charge on any atom is 0.209 e. The van der Waals surface area contributed by atoms with E-state index in [1.807, 2.05) is 0 Å². The van der Waals surface area contributed by atoms with Gasteiger partial charge in [-0.25, -0.2) is 18.1 Å². The highest BCUT2D eigenvalue weighted by Crippen LogP contribution is 2.30. The number of rotatable bonds is 4. The van der Waals surface area contributed by atoms with Crippen LogP contribution in [0.25, 0.3) is 11.3 Å². The topological polar surface area (TPSA) is 99.5 Å². The van der Waals surface area contributed by atoms with Crippen molar-refractivity contribution in [3.63, 3.8) is 0 Å². The predicted molar refractivity (Wildman–Crippen MR) is 72.6 cm³/mol. The summed E-state index contributed by atoms with van der Waals surface area (Å²) in [6.45, 7) is 0.133. The molecule has 0 bridgehead atoms. The molecule has 0 spiro atoms. The number of aromatic hydroxyl groups is 2. The lowest BCUT2D eigenvalue weighted by atomic mass is 10.1. The molecular weight excluding hydrogens is 288 g/mol. The molecule has 0 radical (unpaired) electrons. The Hall–Kier alpha value is -1.64. The van der Waals surface area contributed by atoms with Crippen LogP contribution in [0, 0.1) is 0 Å². The van der Waals surface area contributed by atoms with Crippen LogP contribution in [-0.4, -0.2) is 29.9 Å². The van der Waals surface area contributed by atoms with E-state index in [0.29, 0.717) is 16.3 Å². The Morgan fingerprint density at radius 3 is 2.68 bits per heavy atom. The number of thiazole rings is 1. The fraction of sp³-hybridized carbons (Fsp3) is 0.182. The maximum absolute atomic E-state index is 11.0. The highest BCUT2D eigenvalue weighted by Gasteiger charge is 2.09. The fourth-order valence-electron chi connectivity index (χ4n) is 1.40. The van der Waals surface area contributed by atoms with E-state index in [-0.39, 0.29) is 18.0 Å². The Morgan fingerprint density at radius 1 is 1.32 bits per heavy atom. The van der Waals surface area contributed by atoms with Crippen LogP contribution < -0.4 is 4.72 Å². The molecule has 0 unspecified atom stereocenters. The van der Waals surface area contributed by atoms with E-state index in [4.69, 9.17) is 0 Å². The molecule has 0 aliphatic rings. The molecule has 19 heavy (non-hydrogen) atoms. The number of hydrogen-bond donors (Lipinski definition) is 3. The summed E-state index contributed by atoms with van der Waals surface area (Å²) in [5.74, 6) is -0.417. The van der Waals surface area contributed by atoms with E-state index >= 15 is 0 Å². The molecule has 0 saturated heterocycles. The largest absolute Gasteiger partial charge is 0.504 e. The van der Waals surface area contributed by atoms with Crippen molar-refractivity contribution in [2.24, 2.45) is 0 Å². The minimum Gasteiger partial charge on any atom is -0.504 e. The van der Waals surface area contributed by atoms with Crippen LogP contribution >= 0.6 is 11.3 Å². The normalized spacial score (nSPS) is 11.6. The third-order valence-corrected chi connectivity index (χ3v) is 3.83.